The number of hydrogen-bond acceptors (Lipinski definition) is 3. The van der Waals surface area contributed by atoms with Gasteiger partial charge >= 0.3 is 0 Å². The van der Waals surface area contributed by atoms with Gasteiger partial charge in [-0.15, -0.1) is 0 Å². The average molecular weight is 261 g/mol. The number of likely N-dealkylation sites (tertiary alicyclic amines) is 1. The Balaban J connectivity index is 1.81. The molecule has 1 aromatic carbocycles. The van der Waals surface area contributed by atoms with E-state index in [4.69, 9.17) is 5.73 Å². The van der Waals surface area contributed by atoms with Gasteiger partial charge in [0.2, 0.25) is 0 Å². The Bertz CT molecular complexity index is 425. The molecule has 3 N–H and O–H groups in total. The van der Waals surface area contributed by atoms with E-state index in [9.17, 15) is 4.79 Å². The van der Waals surface area contributed by atoms with Crippen molar-refractivity contribution < 1.29 is 4.79 Å². The van der Waals surface area contributed by atoms with Crippen LogP contribution in [0.25, 0.3) is 0 Å². The van der Waals surface area contributed by atoms with Crippen LogP contribution in [0.4, 0.5) is 5.69 Å². The van der Waals surface area contributed by atoms with Crippen LogP contribution in [0.1, 0.15) is 30.1 Å². The van der Waals surface area contributed by atoms with E-state index in [0.29, 0.717) is 5.56 Å². The molecule has 104 valence electrons. The zero-order chi connectivity index (χ0) is 13.7. The minimum absolute atomic E-state index is 0.380. The molecule has 4 nitrogen and oxygen atoms in total. The van der Waals surface area contributed by atoms with Crippen LogP contribution in [0.15, 0.2) is 24.3 Å². The number of anilines is 1. The highest BCUT2D eigenvalue weighted by Gasteiger charge is 2.15. The monoisotopic (exact) mass is 261 g/mol. The highest BCUT2D eigenvalue weighted by atomic mass is 16.1. The van der Waals surface area contributed by atoms with E-state index in [1.54, 1.807) is 6.07 Å². The fraction of sp³-hybridized carbons (Fsp3) is 0.533. The molecule has 1 aliphatic rings. The second-order valence-electron chi connectivity index (χ2n) is 5.36. The highest BCUT2D eigenvalue weighted by molar-refractivity contribution is 5.98. The summed E-state index contributed by atoms with van der Waals surface area (Å²) in [6.07, 6.45) is 2.58. The number of nitrogens with one attached hydrogen (secondary N) is 1. The zero-order valence-corrected chi connectivity index (χ0v) is 11.6. The minimum Gasteiger partial charge on any atom is -0.383 e. The van der Waals surface area contributed by atoms with Gasteiger partial charge in [-0.1, -0.05) is 19.1 Å². The summed E-state index contributed by atoms with van der Waals surface area (Å²) in [6.45, 7) is 6.54. The maximum Gasteiger partial charge on any atom is 0.250 e. The molecular formula is C15H23N3O. The third kappa shape index (κ3) is 3.96. The molecule has 19 heavy (non-hydrogen) atoms. The van der Waals surface area contributed by atoms with Crippen LogP contribution in [0.3, 0.4) is 0 Å². The third-order valence-electron chi connectivity index (χ3n) is 3.81. The van der Waals surface area contributed by atoms with Gasteiger partial charge < -0.3 is 16.0 Å². The number of carbonyl (C=O) groups excluding carboxylic acids is 1. The minimum atomic E-state index is -0.380. The molecule has 0 bridgehead atoms. The first-order valence-electron chi connectivity index (χ1n) is 7.02. The fourth-order valence-electron chi connectivity index (χ4n) is 2.49. The smallest absolute Gasteiger partial charge is 0.250 e. The molecule has 4 heteroatoms. The van der Waals surface area contributed by atoms with Crippen molar-refractivity contribution in [2.24, 2.45) is 11.7 Å². The van der Waals surface area contributed by atoms with Gasteiger partial charge in [-0.25, -0.2) is 0 Å². The Morgan fingerprint density at radius 3 is 2.74 bits per heavy atom. The second-order valence-corrected chi connectivity index (χ2v) is 5.36. The summed E-state index contributed by atoms with van der Waals surface area (Å²) in [5, 5.41) is 3.31. The number of nitrogens with two attached hydrogens (primary N) is 1. The van der Waals surface area contributed by atoms with Crippen LogP contribution in [0.2, 0.25) is 0 Å². The Morgan fingerprint density at radius 1 is 1.37 bits per heavy atom. The zero-order valence-electron chi connectivity index (χ0n) is 11.6. The lowest BCUT2D eigenvalue weighted by atomic mass is 9.99. The van der Waals surface area contributed by atoms with E-state index in [1.165, 1.54) is 25.9 Å². The number of rotatable bonds is 5. The molecule has 0 radical (unpaired) electrons. The van der Waals surface area contributed by atoms with Crippen molar-refractivity contribution in [1.29, 1.82) is 0 Å². The summed E-state index contributed by atoms with van der Waals surface area (Å²) >= 11 is 0. The third-order valence-corrected chi connectivity index (χ3v) is 3.81. The highest BCUT2D eigenvalue weighted by Crippen LogP contribution is 2.16. The second kappa shape index (κ2) is 6.57. The Kier molecular flexibility index (Phi) is 4.80. The summed E-state index contributed by atoms with van der Waals surface area (Å²) in [5.41, 5.74) is 6.75. The largest absolute Gasteiger partial charge is 0.383 e. The van der Waals surface area contributed by atoms with Gasteiger partial charge in [-0.2, -0.15) is 0 Å². The SMILES string of the molecule is CC1CCN(CCNc2ccccc2C(N)=O)CC1. The van der Waals surface area contributed by atoms with Crippen molar-refractivity contribution >= 4 is 11.6 Å². The predicted molar refractivity (Wildman–Crippen MR) is 78.3 cm³/mol. The molecule has 1 aliphatic heterocycles. The number of nitrogens with zero attached hydrogens (tertiary/aromatic N) is 1. The standard InChI is InChI=1S/C15H23N3O/c1-12-6-9-18(10-7-12)11-8-17-14-5-3-2-4-13(14)15(16)19/h2-5,12,17H,6-11H2,1H3,(H2,16,19). The van der Waals surface area contributed by atoms with E-state index >= 15 is 0 Å². The number of hydrogen-bond donors (Lipinski definition) is 2. The van der Waals surface area contributed by atoms with Crippen LogP contribution in [0.5, 0.6) is 0 Å². The molecule has 0 saturated carbocycles. The quantitative estimate of drug-likeness (QED) is 0.851. The van der Waals surface area contributed by atoms with Gasteiger partial charge in [0.1, 0.15) is 0 Å². The van der Waals surface area contributed by atoms with Crippen LogP contribution in [-0.4, -0.2) is 37.0 Å². The lowest BCUT2D eigenvalue weighted by molar-refractivity contribution is 0.100. The van der Waals surface area contributed by atoms with E-state index in [0.717, 1.165) is 24.7 Å². The van der Waals surface area contributed by atoms with Gasteiger partial charge in [-0.05, 0) is 44.0 Å². The molecule has 0 atom stereocenters. The number of amides is 1. The molecule has 0 aromatic heterocycles. The van der Waals surface area contributed by atoms with Gasteiger partial charge in [0.05, 0.1) is 5.56 Å². The average Bonchev–Trinajstić information content (AvgIpc) is 2.41. The molecule has 2 rings (SSSR count). The summed E-state index contributed by atoms with van der Waals surface area (Å²) in [5.74, 6) is 0.481. The van der Waals surface area contributed by atoms with Crippen molar-refractivity contribution in [3.8, 4) is 0 Å². The molecule has 1 saturated heterocycles. The van der Waals surface area contributed by atoms with Crippen molar-refractivity contribution in [1.82, 2.24) is 4.90 Å². The number of primary amides is 1. The van der Waals surface area contributed by atoms with Crippen molar-refractivity contribution in [3.05, 3.63) is 29.8 Å². The molecule has 1 aromatic rings. The molecule has 1 fully saturated rings. The van der Waals surface area contributed by atoms with Gasteiger partial charge in [0.25, 0.3) is 5.91 Å². The Hall–Kier alpha value is -1.55. The molecule has 0 unspecified atom stereocenters. The van der Waals surface area contributed by atoms with Crippen LogP contribution in [0, 0.1) is 5.92 Å². The van der Waals surface area contributed by atoms with Gasteiger partial charge in [-0.3, -0.25) is 4.79 Å². The first-order valence-corrected chi connectivity index (χ1v) is 7.02. The van der Waals surface area contributed by atoms with Crippen molar-refractivity contribution in [2.45, 2.75) is 19.8 Å². The number of benzene rings is 1. The summed E-state index contributed by atoms with van der Waals surface area (Å²) in [4.78, 5) is 13.8. The lowest BCUT2D eigenvalue weighted by Gasteiger charge is -2.30. The topological polar surface area (TPSA) is 58.4 Å². The fourth-order valence-corrected chi connectivity index (χ4v) is 2.49. The molecular weight excluding hydrogens is 238 g/mol. The number of piperidine rings is 1. The van der Waals surface area contributed by atoms with Gasteiger partial charge in [0, 0.05) is 18.8 Å². The maximum absolute atomic E-state index is 11.3. The predicted octanol–water partition coefficient (Wildman–Crippen LogP) is 1.93. The summed E-state index contributed by atoms with van der Waals surface area (Å²) in [6, 6.07) is 7.40. The van der Waals surface area contributed by atoms with Crippen molar-refractivity contribution in [2.75, 3.05) is 31.5 Å². The Morgan fingerprint density at radius 2 is 2.05 bits per heavy atom. The van der Waals surface area contributed by atoms with E-state index in [1.807, 2.05) is 18.2 Å². The Labute approximate surface area is 115 Å². The maximum atomic E-state index is 11.3. The first-order chi connectivity index (χ1) is 9.16. The molecule has 0 spiro atoms. The van der Waals surface area contributed by atoms with Crippen molar-refractivity contribution in [3.63, 3.8) is 0 Å². The summed E-state index contributed by atoms with van der Waals surface area (Å²) < 4.78 is 0. The van der Waals surface area contributed by atoms with Gasteiger partial charge in [0.15, 0.2) is 0 Å². The summed E-state index contributed by atoms with van der Waals surface area (Å²) in [7, 11) is 0. The van der Waals surface area contributed by atoms with E-state index in [-0.39, 0.29) is 5.91 Å². The molecule has 1 amide bonds. The number of para-hydroxylation sites is 1. The normalized spacial score (nSPS) is 17.3. The number of carbonyl (C=O) groups is 1. The van der Waals surface area contributed by atoms with E-state index < -0.39 is 0 Å². The molecule has 1 heterocycles. The van der Waals surface area contributed by atoms with E-state index in [2.05, 4.69) is 17.1 Å². The molecule has 0 aliphatic carbocycles. The van der Waals surface area contributed by atoms with Crippen LogP contribution >= 0.6 is 0 Å². The first kappa shape index (κ1) is 13.9. The van der Waals surface area contributed by atoms with Crippen LogP contribution < -0.4 is 11.1 Å². The van der Waals surface area contributed by atoms with Crippen LogP contribution in [-0.2, 0) is 0 Å². The lowest BCUT2D eigenvalue weighted by Crippen LogP contribution is -2.36.